The molecule has 1 amide bonds. The lowest BCUT2D eigenvalue weighted by Crippen LogP contribution is -2.14. The molecule has 4 nitrogen and oxygen atoms in total. The van der Waals surface area contributed by atoms with Gasteiger partial charge in [0.1, 0.15) is 29.8 Å². The van der Waals surface area contributed by atoms with Gasteiger partial charge in [-0.15, -0.1) is 0 Å². The van der Waals surface area contributed by atoms with Gasteiger partial charge in [-0.05, 0) is 63.5 Å². The molecule has 0 saturated carbocycles. The van der Waals surface area contributed by atoms with Gasteiger partial charge >= 0.3 is 0 Å². The average molecular weight is 530 g/mol. The SMILES string of the molecule is N#CC(=Cc1ccc(OCc2ccccc2)c(Br)c1)C(=O)Nc1ccc(Br)cc1F. The quantitative estimate of drug-likeness (QED) is 0.294. The Balaban J connectivity index is 1.72. The van der Waals surface area contributed by atoms with Gasteiger partial charge in [-0.25, -0.2) is 4.39 Å². The number of halogens is 3. The molecule has 0 saturated heterocycles. The Bertz CT molecular complexity index is 1140. The summed E-state index contributed by atoms with van der Waals surface area (Å²) in [6.07, 6.45) is 1.43. The van der Waals surface area contributed by atoms with Crippen molar-refractivity contribution in [2.24, 2.45) is 0 Å². The minimum atomic E-state index is -0.695. The monoisotopic (exact) mass is 528 g/mol. The Morgan fingerprint density at radius 3 is 2.53 bits per heavy atom. The molecule has 30 heavy (non-hydrogen) atoms. The molecule has 0 bridgehead atoms. The van der Waals surface area contributed by atoms with Crippen molar-refractivity contribution in [2.75, 3.05) is 5.32 Å². The molecule has 3 aromatic carbocycles. The first-order valence-corrected chi connectivity index (χ1v) is 10.4. The summed E-state index contributed by atoms with van der Waals surface area (Å²) in [5.74, 6) is -0.659. The van der Waals surface area contributed by atoms with Gasteiger partial charge in [0, 0.05) is 4.47 Å². The highest BCUT2D eigenvalue weighted by Gasteiger charge is 2.13. The molecule has 0 aromatic heterocycles. The second kappa shape index (κ2) is 10.2. The van der Waals surface area contributed by atoms with Crippen LogP contribution in [0.2, 0.25) is 0 Å². The van der Waals surface area contributed by atoms with Gasteiger partial charge < -0.3 is 10.1 Å². The topological polar surface area (TPSA) is 62.1 Å². The first kappa shape index (κ1) is 21.8. The van der Waals surface area contributed by atoms with Crippen LogP contribution in [0, 0.1) is 17.1 Å². The molecule has 0 aliphatic rings. The van der Waals surface area contributed by atoms with E-state index in [1.54, 1.807) is 24.3 Å². The standard InChI is InChI=1S/C23H15Br2FN2O2/c24-18-7-8-21(20(26)12-18)28-23(29)17(13-27)10-16-6-9-22(19(25)11-16)30-14-15-4-2-1-3-5-15/h1-12H,14H2,(H,28,29). The van der Waals surface area contributed by atoms with Gasteiger partial charge in [-0.3, -0.25) is 4.79 Å². The maximum atomic E-state index is 13.9. The van der Waals surface area contributed by atoms with Crippen molar-refractivity contribution in [1.29, 1.82) is 5.26 Å². The van der Waals surface area contributed by atoms with E-state index in [2.05, 4.69) is 37.2 Å². The fourth-order valence-electron chi connectivity index (χ4n) is 2.56. The van der Waals surface area contributed by atoms with Crippen LogP contribution in [0.5, 0.6) is 5.75 Å². The van der Waals surface area contributed by atoms with Crippen molar-refractivity contribution >= 4 is 49.5 Å². The van der Waals surface area contributed by atoms with Crippen molar-refractivity contribution in [3.63, 3.8) is 0 Å². The fourth-order valence-corrected chi connectivity index (χ4v) is 3.40. The lowest BCUT2D eigenvalue weighted by Gasteiger charge is -2.09. The number of anilines is 1. The molecule has 3 rings (SSSR count). The summed E-state index contributed by atoms with van der Waals surface area (Å²) in [7, 11) is 0. The van der Waals surface area contributed by atoms with Crippen LogP contribution in [-0.2, 0) is 11.4 Å². The maximum absolute atomic E-state index is 13.9. The molecule has 0 aliphatic heterocycles. The molecule has 0 aliphatic carbocycles. The van der Waals surface area contributed by atoms with Crippen molar-refractivity contribution in [2.45, 2.75) is 6.61 Å². The Morgan fingerprint density at radius 1 is 1.10 bits per heavy atom. The van der Waals surface area contributed by atoms with E-state index in [9.17, 15) is 14.4 Å². The fraction of sp³-hybridized carbons (Fsp3) is 0.0435. The summed E-state index contributed by atoms with van der Waals surface area (Å²) in [4.78, 5) is 12.4. The zero-order valence-corrected chi connectivity index (χ0v) is 18.7. The number of carbonyl (C=O) groups is 1. The van der Waals surface area contributed by atoms with E-state index in [1.807, 2.05) is 36.4 Å². The molecule has 150 valence electrons. The van der Waals surface area contributed by atoms with Crippen LogP contribution in [0.4, 0.5) is 10.1 Å². The van der Waals surface area contributed by atoms with Crippen LogP contribution in [0.1, 0.15) is 11.1 Å². The Morgan fingerprint density at radius 2 is 1.87 bits per heavy atom. The summed E-state index contributed by atoms with van der Waals surface area (Å²) in [6, 6.07) is 21.1. The highest BCUT2D eigenvalue weighted by atomic mass is 79.9. The normalized spacial score (nSPS) is 10.9. The van der Waals surface area contributed by atoms with E-state index in [1.165, 1.54) is 18.2 Å². The van der Waals surface area contributed by atoms with Crippen LogP contribution >= 0.6 is 31.9 Å². The highest BCUT2D eigenvalue weighted by Crippen LogP contribution is 2.28. The lowest BCUT2D eigenvalue weighted by molar-refractivity contribution is -0.112. The van der Waals surface area contributed by atoms with E-state index in [4.69, 9.17) is 4.74 Å². The molecular formula is C23H15Br2FN2O2. The van der Waals surface area contributed by atoms with Crippen LogP contribution in [0.15, 0.2) is 81.2 Å². The van der Waals surface area contributed by atoms with Gasteiger partial charge in [-0.1, -0.05) is 52.3 Å². The predicted octanol–water partition coefficient (Wildman–Crippen LogP) is 6.48. The molecule has 0 atom stereocenters. The molecular weight excluding hydrogens is 515 g/mol. The van der Waals surface area contributed by atoms with Crippen molar-refractivity contribution in [3.05, 3.63) is 98.2 Å². The number of rotatable bonds is 6. The van der Waals surface area contributed by atoms with Crippen molar-refractivity contribution in [1.82, 2.24) is 0 Å². The van der Waals surface area contributed by atoms with Crippen molar-refractivity contribution < 1.29 is 13.9 Å². The molecule has 0 unspecified atom stereocenters. The average Bonchev–Trinajstić information content (AvgIpc) is 2.74. The number of hydrogen-bond donors (Lipinski definition) is 1. The van der Waals surface area contributed by atoms with Gasteiger partial charge in [0.15, 0.2) is 0 Å². The summed E-state index contributed by atoms with van der Waals surface area (Å²) in [5.41, 5.74) is 1.51. The largest absolute Gasteiger partial charge is 0.488 e. The molecule has 3 aromatic rings. The second-order valence-corrected chi connectivity index (χ2v) is 7.98. The third kappa shape index (κ3) is 5.78. The molecule has 0 radical (unpaired) electrons. The van der Waals surface area contributed by atoms with Crippen LogP contribution in [0.3, 0.4) is 0 Å². The van der Waals surface area contributed by atoms with Crippen LogP contribution < -0.4 is 10.1 Å². The Labute approximate surface area is 190 Å². The second-order valence-electron chi connectivity index (χ2n) is 6.21. The lowest BCUT2D eigenvalue weighted by atomic mass is 10.1. The number of hydrogen-bond acceptors (Lipinski definition) is 3. The van der Waals surface area contributed by atoms with E-state index in [-0.39, 0.29) is 11.3 Å². The first-order chi connectivity index (χ1) is 14.5. The number of nitrogens with one attached hydrogen (secondary N) is 1. The molecule has 0 heterocycles. The Kier molecular flexibility index (Phi) is 7.39. The van der Waals surface area contributed by atoms with Gasteiger partial charge in [0.25, 0.3) is 5.91 Å². The smallest absolute Gasteiger partial charge is 0.266 e. The number of nitriles is 1. The number of amides is 1. The number of carbonyl (C=O) groups excluding carboxylic acids is 1. The zero-order valence-electron chi connectivity index (χ0n) is 15.5. The summed E-state index contributed by atoms with van der Waals surface area (Å²) < 4.78 is 21.0. The van der Waals surface area contributed by atoms with Gasteiger partial charge in [-0.2, -0.15) is 5.26 Å². The minimum Gasteiger partial charge on any atom is -0.488 e. The first-order valence-electron chi connectivity index (χ1n) is 8.81. The van der Waals surface area contributed by atoms with E-state index in [0.29, 0.717) is 26.9 Å². The van der Waals surface area contributed by atoms with Crippen LogP contribution in [-0.4, -0.2) is 5.91 Å². The summed E-state index contributed by atoms with van der Waals surface area (Å²) >= 11 is 6.60. The number of benzene rings is 3. The van der Waals surface area contributed by atoms with E-state index >= 15 is 0 Å². The van der Waals surface area contributed by atoms with Crippen molar-refractivity contribution in [3.8, 4) is 11.8 Å². The van der Waals surface area contributed by atoms with Gasteiger partial charge in [0.05, 0.1) is 10.2 Å². The molecule has 0 fully saturated rings. The number of nitrogens with zero attached hydrogens (tertiary/aromatic N) is 1. The third-order valence-electron chi connectivity index (χ3n) is 4.05. The molecule has 7 heteroatoms. The minimum absolute atomic E-state index is 0.00445. The van der Waals surface area contributed by atoms with E-state index in [0.717, 1.165) is 5.56 Å². The van der Waals surface area contributed by atoms with Gasteiger partial charge in [0.2, 0.25) is 0 Å². The highest BCUT2D eigenvalue weighted by molar-refractivity contribution is 9.10. The maximum Gasteiger partial charge on any atom is 0.266 e. The molecule has 1 N–H and O–H groups in total. The summed E-state index contributed by atoms with van der Waals surface area (Å²) in [5, 5.41) is 11.8. The van der Waals surface area contributed by atoms with E-state index < -0.39 is 11.7 Å². The molecule has 0 spiro atoms. The van der Waals surface area contributed by atoms with Crippen LogP contribution in [0.25, 0.3) is 6.08 Å². The Hall–Kier alpha value is -2.95. The number of ether oxygens (including phenoxy) is 1. The third-order valence-corrected chi connectivity index (χ3v) is 5.16. The zero-order chi connectivity index (χ0) is 21.5. The predicted molar refractivity (Wildman–Crippen MR) is 121 cm³/mol. The summed E-state index contributed by atoms with van der Waals surface area (Å²) in [6.45, 7) is 0.416.